The van der Waals surface area contributed by atoms with Crippen LogP contribution in [0, 0.1) is 0 Å². The summed E-state index contributed by atoms with van der Waals surface area (Å²) in [6.45, 7) is 12.4. The van der Waals surface area contributed by atoms with Gasteiger partial charge in [0.05, 0.1) is 21.4 Å². The van der Waals surface area contributed by atoms with E-state index in [0.717, 1.165) is 28.2 Å². The minimum atomic E-state index is 0.859. The Balaban J connectivity index is 1.45. The Bertz CT molecular complexity index is 2910. The summed E-state index contributed by atoms with van der Waals surface area (Å²) >= 11 is 1.89. The van der Waals surface area contributed by atoms with Crippen LogP contribution in [-0.4, -0.2) is 4.57 Å². The van der Waals surface area contributed by atoms with E-state index in [2.05, 4.69) is 169 Å². The first-order chi connectivity index (χ1) is 25.2. The van der Waals surface area contributed by atoms with Gasteiger partial charge in [-0.15, -0.1) is 11.3 Å². The van der Waals surface area contributed by atoms with Gasteiger partial charge in [-0.3, -0.25) is 0 Å². The molecule has 0 N–H and O–H groups in total. The second-order valence-electron chi connectivity index (χ2n) is 12.7. The molecule has 0 saturated heterocycles. The first-order valence-corrected chi connectivity index (χ1v) is 17.9. The smallest absolute Gasteiger partial charge is 0.0726 e. The molecule has 3 heteroatoms. The molecule has 0 aliphatic heterocycles. The largest absolute Gasteiger partial charge is 0.310 e. The van der Waals surface area contributed by atoms with Crippen molar-refractivity contribution in [3.05, 3.63) is 201 Å². The number of anilines is 2. The third-order valence-electron chi connectivity index (χ3n) is 9.75. The van der Waals surface area contributed by atoms with Crippen molar-refractivity contribution in [1.29, 1.82) is 0 Å². The van der Waals surface area contributed by atoms with E-state index in [9.17, 15) is 0 Å². The lowest BCUT2D eigenvalue weighted by Gasteiger charge is -2.26. The highest BCUT2D eigenvalue weighted by molar-refractivity contribution is 7.27. The summed E-state index contributed by atoms with van der Waals surface area (Å²) in [5, 5.41) is 10.0. The number of benzene rings is 7. The molecule has 2 nitrogen and oxygen atoms in total. The fraction of sp³-hybridized carbons (Fsp3) is 0. The molecule has 9 aromatic rings. The van der Waals surface area contributed by atoms with Gasteiger partial charge in [-0.25, -0.2) is 0 Å². The SMILES string of the molecule is C=C/C=C\C(=C)/C=C(\C=C)N(c1ccccc1)c1ccc2c(c1)c1c3ccccc3c3c4ccccc4sc3c1n2-c1cccc2ccccc12. The number of hydrogen-bond acceptors (Lipinski definition) is 2. The van der Waals surface area contributed by atoms with Crippen molar-refractivity contribution < 1.29 is 0 Å². The fourth-order valence-electron chi connectivity index (χ4n) is 7.63. The van der Waals surface area contributed by atoms with Crippen LogP contribution in [0.25, 0.3) is 69.2 Å². The number of hydrogen-bond donors (Lipinski definition) is 0. The molecule has 0 aliphatic carbocycles. The maximum absolute atomic E-state index is 4.30. The molecule has 2 aromatic heterocycles. The summed E-state index contributed by atoms with van der Waals surface area (Å²) in [6, 6.07) is 50.5. The Morgan fingerprint density at radius 1 is 0.627 bits per heavy atom. The molecule has 0 amide bonds. The predicted octanol–water partition coefficient (Wildman–Crippen LogP) is 14.0. The zero-order valence-electron chi connectivity index (χ0n) is 28.1. The lowest BCUT2D eigenvalue weighted by Crippen LogP contribution is -2.15. The Morgan fingerprint density at radius 3 is 2.10 bits per heavy atom. The molecular formula is C48H34N2S. The number of aromatic nitrogens is 1. The van der Waals surface area contributed by atoms with Crippen molar-refractivity contribution in [1.82, 2.24) is 4.57 Å². The van der Waals surface area contributed by atoms with Crippen molar-refractivity contribution in [2.24, 2.45) is 0 Å². The standard InChI is InChI=1S/C48H34N2S/c1-4-6-17-32(3)30-34(5-2)49(35-20-8-7-9-21-35)36-28-29-43-41(31-36)45-38-23-12-13-24-39(38)46-40-25-14-15-27-44(40)51-48(46)47(45)50(43)42-26-16-19-33-18-10-11-22-37(33)42/h4-31H,1-3H2/b17-6-,34-30+. The molecule has 0 spiro atoms. The summed E-state index contributed by atoms with van der Waals surface area (Å²) in [5.74, 6) is 0. The van der Waals surface area contributed by atoms with E-state index in [1.807, 2.05) is 35.6 Å². The van der Waals surface area contributed by atoms with Gasteiger partial charge in [0, 0.05) is 48.7 Å². The van der Waals surface area contributed by atoms with Crippen LogP contribution in [0.5, 0.6) is 0 Å². The molecule has 0 aliphatic rings. The molecule has 0 radical (unpaired) electrons. The topological polar surface area (TPSA) is 8.17 Å². The molecule has 9 rings (SSSR count). The molecular weight excluding hydrogens is 637 g/mol. The fourth-order valence-corrected chi connectivity index (χ4v) is 8.89. The molecule has 0 unspecified atom stereocenters. The van der Waals surface area contributed by atoms with E-state index >= 15 is 0 Å². The third-order valence-corrected chi connectivity index (χ3v) is 10.9. The zero-order chi connectivity index (χ0) is 34.5. The van der Waals surface area contributed by atoms with Gasteiger partial charge in [-0.1, -0.05) is 135 Å². The van der Waals surface area contributed by atoms with Crippen LogP contribution in [0.2, 0.25) is 0 Å². The maximum Gasteiger partial charge on any atom is 0.0726 e. The number of fused-ring (bicyclic) bond motifs is 11. The van der Waals surface area contributed by atoms with E-state index in [4.69, 9.17) is 0 Å². The summed E-state index contributed by atoms with van der Waals surface area (Å²) in [6.07, 6.45) is 9.60. The van der Waals surface area contributed by atoms with Gasteiger partial charge in [0.2, 0.25) is 0 Å². The van der Waals surface area contributed by atoms with Crippen molar-refractivity contribution in [2.75, 3.05) is 4.90 Å². The minimum absolute atomic E-state index is 0.859. The second kappa shape index (κ2) is 12.5. The Kier molecular flexibility index (Phi) is 7.49. The van der Waals surface area contributed by atoms with E-state index in [0.29, 0.717) is 0 Å². The maximum atomic E-state index is 4.30. The highest BCUT2D eigenvalue weighted by Gasteiger charge is 2.24. The number of nitrogens with zero attached hydrogens (tertiary/aromatic N) is 2. The summed E-state index contributed by atoms with van der Waals surface area (Å²) in [7, 11) is 0. The van der Waals surface area contributed by atoms with Gasteiger partial charge < -0.3 is 9.47 Å². The zero-order valence-corrected chi connectivity index (χ0v) is 28.9. The normalized spacial score (nSPS) is 12.2. The van der Waals surface area contributed by atoms with Gasteiger partial charge in [-0.2, -0.15) is 0 Å². The van der Waals surface area contributed by atoms with E-state index < -0.39 is 0 Å². The molecule has 0 bridgehead atoms. The average Bonchev–Trinajstić information content (AvgIpc) is 3.74. The minimum Gasteiger partial charge on any atom is -0.310 e. The lowest BCUT2D eigenvalue weighted by atomic mass is 9.98. The quantitative estimate of drug-likeness (QED) is 0.146. The monoisotopic (exact) mass is 670 g/mol. The van der Waals surface area contributed by atoms with Crippen LogP contribution in [0.15, 0.2) is 201 Å². The van der Waals surface area contributed by atoms with Crippen LogP contribution >= 0.6 is 11.3 Å². The third kappa shape index (κ3) is 4.93. The molecule has 2 heterocycles. The van der Waals surface area contributed by atoms with Crippen molar-refractivity contribution in [3.8, 4) is 5.69 Å². The Labute approximate surface area is 301 Å². The molecule has 51 heavy (non-hydrogen) atoms. The molecule has 7 aromatic carbocycles. The van der Waals surface area contributed by atoms with Gasteiger partial charge in [0.15, 0.2) is 0 Å². The summed E-state index contributed by atoms with van der Waals surface area (Å²) in [4.78, 5) is 2.26. The number of thiophene rings is 1. The molecule has 0 saturated carbocycles. The number of allylic oxidation sites excluding steroid dienone is 6. The number of rotatable bonds is 8. The predicted molar refractivity (Wildman–Crippen MR) is 224 cm³/mol. The van der Waals surface area contributed by atoms with Crippen LogP contribution in [0.4, 0.5) is 11.4 Å². The molecule has 0 atom stereocenters. The van der Waals surface area contributed by atoms with Gasteiger partial charge in [-0.05, 0) is 76.3 Å². The van der Waals surface area contributed by atoms with E-state index in [1.165, 1.54) is 63.7 Å². The summed E-state index contributed by atoms with van der Waals surface area (Å²) < 4.78 is 5.11. The van der Waals surface area contributed by atoms with Gasteiger partial charge >= 0.3 is 0 Å². The molecule has 242 valence electrons. The second-order valence-corrected chi connectivity index (χ2v) is 13.8. The molecule has 0 fully saturated rings. The Hall–Kier alpha value is -6.42. The van der Waals surface area contributed by atoms with Gasteiger partial charge in [0.25, 0.3) is 0 Å². The lowest BCUT2D eigenvalue weighted by molar-refractivity contribution is 1.19. The van der Waals surface area contributed by atoms with Crippen LogP contribution in [0.1, 0.15) is 0 Å². The number of para-hydroxylation sites is 1. The average molecular weight is 671 g/mol. The van der Waals surface area contributed by atoms with Gasteiger partial charge in [0.1, 0.15) is 0 Å². The van der Waals surface area contributed by atoms with Crippen LogP contribution in [-0.2, 0) is 0 Å². The van der Waals surface area contributed by atoms with Crippen molar-refractivity contribution >= 4 is 86.2 Å². The van der Waals surface area contributed by atoms with E-state index in [-0.39, 0.29) is 0 Å². The van der Waals surface area contributed by atoms with Crippen LogP contribution < -0.4 is 4.90 Å². The van der Waals surface area contributed by atoms with E-state index in [1.54, 1.807) is 6.08 Å². The Morgan fingerprint density at radius 2 is 1.31 bits per heavy atom. The first kappa shape index (κ1) is 30.6. The highest BCUT2D eigenvalue weighted by atomic mass is 32.1. The summed E-state index contributed by atoms with van der Waals surface area (Å²) in [5.41, 5.74) is 7.44. The first-order valence-electron chi connectivity index (χ1n) is 17.1. The van der Waals surface area contributed by atoms with Crippen molar-refractivity contribution in [2.45, 2.75) is 0 Å². The van der Waals surface area contributed by atoms with Crippen molar-refractivity contribution in [3.63, 3.8) is 0 Å². The van der Waals surface area contributed by atoms with Crippen LogP contribution in [0.3, 0.4) is 0 Å². The highest BCUT2D eigenvalue weighted by Crippen LogP contribution is 2.49.